The van der Waals surface area contributed by atoms with Crippen LogP contribution in [0.4, 0.5) is 0 Å². The minimum absolute atomic E-state index is 0.0493. The predicted octanol–water partition coefficient (Wildman–Crippen LogP) is 3.33. The predicted molar refractivity (Wildman–Crippen MR) is 101 cm³/mol. The summed E-state index contributed by atoms with van der Waals surface area (Å²) in [6.45, 7) is 4.65. The van der Waals surface area contributed by atoms with Gasteiger partial charge in [0.2, 0.25) is 11.3 Å². The molecule has 0 aliphatic carbocycles. The molecule has 0 unspecified atom stereocenters. The van der Waals surface area contributed by atoms with Crippen molar-refractivity contribution < 1.29 is 4.79 Å². The molecule has 2 heterocycles. The number of carbonyl (C=O) groups is 1. The van der Waals surface area contributed by atoms with Crippen molar-refractivity contribution in [3.63, 3.8) is 0 Å². The molecule has 0 aliphatic heterocycles. The third kappa shape index (κ3) is 3.97. The second-order valence-electron chi connectivity index (χ2n) is 5.45. The van der Waals surface area contributed by atoms with Crippen LogP contribution in [0.5, 0.6) is 0 Å². The number of nitrogens with zero attached hydrogens (tertiary/aromatic N) is 3. The first-order valence-corrected chi connectivity index (χ1v) is 8.85. The number of rotatable bonds is 6. The van der Waals surface area contributed by atoms with Gasteiger partial charge in [0.15, 0.2) is 0 Å². The molecule has 3 aromatic rings. The molecule has 0 radical (unpaired) electrons. The minimum Gasteiger partial charge on any atom is -0.332 e. The van der Waals surface area contributed by atoms with Crippen LogP contribution in [-0.2, 0) is 17.9 Å². The van der Waals surface area contributed by atoms with Crippen molar-refractivity contribution in [3.05, 3.63) is 74.7 Å². The Hall–Kier alpha value is -2.44. The van der Waals surface area contributed by atoms with Crippen LogP contribution in [0.15, 0.2) is 60.0 Å². The van der Waals surface area contributed by atoms with Crippen LogP contribution in [0.25, 0.3) is 10.9 Å². The molecule has 25 heavy (non-hydrogen) atoms. The number of thiophene rings is 1. The van der Waals surface area contributed by atoms with Crippen LogP contribution >= 0.6 is 22.9 Å². The Morgan fingerprint density at radius 2 is 2.12 bits per heavy atom. The highest BCUT2D eigenvalue weighted by Crippen LogP contribution is 2.23. The van der Waals surface area contributed by atoms with Gasteiger partial charge in [-0.2, -0.15) is 5.10 Å². The lowest BCUT2D eigenvalue weighted by molar-refractivity contribution is -0.132. The van der Waals surface area contributed by atoms with E-state index in [1.165, 1.54) is 17.5 Å². The van der Waals surface area contributed by atoms with E-state index < -0.39 is 0 Å². The molecule has 7 heteroatoms. The van der Waals surface area contributed by atoms with Gasteiger partial charge in [-0.25, -0.2) is 0 Å². The van der Waals surface area contributed by atoms with Gasteiger partial charge in [0.1, 0.15) is 6.54 Å². The lowest BCUT2D eigenvalue weighted by Crippen LogP contribution is -2.34. The fraction of sp³-hybridized carbons (Fsp3) is 0.167. The number of hydrogen-bond acceptors (Lipinski definition) is 4. The Bertz CT molecular complexity index is 980. The van der Waals surface area contributed by atoms with Crippen LogP contribution in [0.2, 0.25) is 4.34 Å². The summed E-state index contributed by atoms with van der Waals surface area (Å²) in [5.41, 5.74) is 0.483. The molecule has 3 rings (SSSR count). The lowest BCUT2D eigenvalue weighted by Gasteiger charge is -2.21. The van der Waals surface area contributed by atoms with E-state index in [-0.39, 0.29) is 17.9 Å². The maximum atomic E-state index is 12.8. The van der Waals surface area contributed by atoms with E-state index in [2.05, 4.69) is 11.7 Å². The molecule has 0 N–H and O–H groups in total. The third-order valence-electron chi connectivity index (χ3n) is 3.72. The van der Waals surface area contributed by atoms with E-state index in [4.69, 9.17) is 11.6 Å². The molecule has 0 spiro atoms. The van der Waals surface area contributed by atoms with Crippen LogP contribution in [0.1, 0.15) is 4.88 Å². The molecule has 1 aromatic carbocycles. The molecule has 0 atom stereocenters. The summed E-state index contributed by atoms with van der Waals surface area (Å²) in [7, 11) is 0. The molecular weight excluding hydrogens is 358 g/mol. The Morgan fingerprint density at radius 1 is 1.32 bits per heavy atom. The first-order chi connectivity index (χ1) is 12.1. The Morgan fingerprint density at radius 3 is 2.84 bits per heavy atom. The summed E-state index contributed by atoms with van der Waals surface area (Å²) in [5.74, 6) is -0.106. The molecule has 0 saturated carbocycles. The topological polar surface area (TPSA) is 55.2 Å². The Labute approximate surface area is 153 Å². The van der Waals surface area contributed by atoms with Crippen molar-refractivity contribution in [3.8, 4) is 0 Å². The highest BCUT2D eigenvalue weighted by molar-refractivity contribution is 7.16. The van der Waals surface area contributed by atoms with E-state index in [1.54, 1.807) is 33.9 Å². The van der Waals surface area contributed by atoms with Crippen molar-refractivity contribution in [2.24, 2.45) is 0 Å². The fourth-order valence-corrected chi connectivity index (χ4v) is 3.65. The van der Waals surface area contributed by atoms with Crippen molar-refractivity contribution in [1.29, 1.82) is 0 Å². The van der Waals surface area contributed by atoms with Gasteiger partial charge in [-0.3, -0.25) is 14.3 Å². The average molecular weight is 374 g/mol. The van der Waals surface area contributed by atoms with Crippen LogP contribution in [0, 0.1) is 0 Å². The summed E-state index contributed by atoms with van der Waals surface area (Å²) >= 11 is 7.41. The maximum Gasteiger partial charge on any atom is 0.244 e. The largest absolute Gasteiger partial charge is 0.332 e. The SMILES string of the molecule is C=CCN(Cc1ccc(Cl)s1)C(=O)Cn1ncc(=O)c2ccccc21. The summed E-state index contributed by atoms with van der Waals surface area (Å²) in [5, 5.41) is 4.66. The van der Waals surface area contributed by atoms with Gasteiger partial charge in [0.25, 0.3) is 0 Å². The number of aromatic nitrogens is 2. The molecule has 128 valence electrons. The molecule has 0 aliphatic rings. The number of hydrogen-bond donors (Lipinski definition) is 0. The van der Waals surface area contributed by atoms with E-state index in [1.807, 2.05) is 18.2 Å². The standard InChI is InChI=1S/C18H16ClN3O2S/c1-2-9-21(11-13-7-8-17(19)25-13)18(24)12-22-15-6-4-3-5-14(15)16(23)10-20-22/h2-8,10H,1,9,11-12H2. The zero-order valence-corrected chi connectivity index (χ0v) is 15.0. The number of halogens is 1. The number of fused-ring (bicyclic) bond motifs is 1. The quantitative estimate of drug-likeness (QED) is 0.623. The smallest absolute Gasteiger partial charge is 0.244 e. The molecule has 1 amide bonds. The number of para-hydroxylation sites is 1. The van der Waals surface area contributed by atoms with E-state index in [0.29, 0.717) is 28.3 Å². The molecule has 5 nitrogen and oxygen atoms in total. The van der Waals surface area contributed by atoms with Crippen molar-refractivity contribution in [2.75, 3.05) is 6.54 Å². The first-order valence-electron chi connectivity index (χ1n) is 7.66. The minimum atomic E-state index is -0.157. The molecule has 0 saturated heterocycles. The summed E-state index contributed by atoms with van der Waals surface area (Å²) in [4.78, 5) is 27.3. The highest BCUT2D eigenvalue weighted by Gasteiger charge is 2.16. The second kappa shape index (κ2) is 7.63. The Kier molecular flexibility index (Phi) is 5.31. The van der Waals surface area contributed by atoms with Gasteiger partial charge >= 0.3 is 0 Å². The summed E-state index contributed by atoms with van der Waals surface area (Å²) < 4.78 is 2.24. The second-order valence-corrected chi connectivity index (χ2v) is 7.25. The van der Waals surface area contributed by atoms with Gasteiger partial charge in [0.05, 0.1) is 22.6 Å². The van der Waals surface area contributed by atoms with E-state index in [9.17, 15) is 9.59 Å². The molecular formula is C18H16ClN3O2S. The van der Waals surface area contributed by atoms with Gasteiger partial charge in [-0.1, -0.05) is 29.8 Å². The van der Waals surface area contributed by atoms with E-state index in [0.717, 1.165) is 4.88 Å². The van der Waals surface area contributed by atoms with Crippen molar-refractivity contribution >= 4 is 39.7 Å². The molecule has 0 fully saturated rings. The monoisotopic (exact) mass is 373 g/mol. The van der Waals surface area contributed by atoms with Gasteiger partial charge in [-0.05, 0) is 24.3 Å². The molecule has 2 aromatic heterocycles. The summed E-state index contributed by atoms with van der Waals surface area (Å²) in [6, 6.07) is 10.8. The number of amides is 1. The zero-order valence-electron chi connectivity index (χ0n) is 13.4. The van der Waals surface area contributed by atoms with Gasteiger partial charge < -0.3 is 4.90 Å². The first kappa shape index (κ1) is 17.4. The third-order valence-corrected chi connectivity index (χ3v) is 4.94. The number of carbonyl (C=O) groups excluding carboxylic acids is 1. The van der Waals surface area contributed by atoms with Crippen LogP contribution < -0.4 is 5.43 Å². The molecule has 0 bridgehead atoms. The average Bonchev–Trinajstić information content (AvgIpc) is 3.02. The normalized spacial score (nSPS) is 10.8. The van der Waals surface area contributed by atoms with Gasteiger partial charge in [-0.15, -0.1) is 17.9 Å². The lowest BCUT2D eigenvalue weighted by atomic mass is 10.2. The van der Waals surface area contributed by atoms with Gasteiger partial charge in [0, 0.05) is 16.8 Å². The van der Waals surface area contributed by atoms with Crippen LogP contribution in [-0.4, -0.2) is 27.1 Å². The fourth-order valence-electron chi connectivity index (χ4n) is 2.55. The number of benzene rings is 1. The van der Waals surface area contributed by atoms with E-state index >= 15 is 0 Å². The Balaban J connectivity index is 1.85. The maximum absolute atomic E-state index is 12.8. The summed E-state index contributed by atoms with van der Waals surface area (Å²) in [6.07, 6.45) is 2.93. The zero-order chi connectivity index (χ0) is 17.8. The van der Waals surface area contributed by atoms with Crippen molar-refractivity contribution in [1.82, 2.24) is 14.7 Å². The van der Waals surface area contributed by atoms with Crippen LogP contribution in [0.3, 0.4) is 0 Å². The van der Waals surface area contributed by atoms with Crippen molar-refractivity contribution in [2.45, 2.75) is 13.1 Å². The highest BCUT2D eigenvalue weighted by atomic mass is 35.5.